The second-order valence-corrected chi connectivity index (χ2v) is 6.87. The lowest BCUT2D eigenvalue weighted by molar-refractivity contribution is 0.471. The van der Waals surface area contributed by atoms with E-state index in [0.717, 1.165) is 32.2 Å². The monoisotopic (exact) mass is 249 g/mol. The van der Waals surface area contributed by atoms with Gasteiger partial charge in [0.2, 0.25) is 0 Å². The van der Waals surface area contributed by atoms with Crippen molar-refractivity contribution in [1.29, 1.82) is 0 Å². The van der Waals surface area contributed by atoms with E-state index in [0.29, 0.717) is 5.75 Å². The van der Waals surface area contributed by atoms with Crippen LogP contribution in [0.5, 0.6) is 0 Å². The maximum Gasteiger partial charge on any atom is 0.154 e. The Morgan fingerprint density at radius 3 is 2.19 bits per heavy atom. The third-order valence-corrected chi connectivity index (χ3v) is 5.33. The van der Waals surface area contributed by atoms with E-state index in [1.54, 1.807) is 0 Å². The van der Waals surface area contributed by atoms with E-state index in [9.17, 15) is 8.42 Å². The molecule has 2 atom stereocenters. The first kappa shape index (κ1) is 15.9. The molecule has 0 radical (unpaired) electrons. The summed E-state index contributed by atoms with van der Waals surface area (Å²) in [5.74, 6) is 0.328. The average Bonchev–Trinajstić information content (AvgIpc) is 2.27. The van der Waals surface area contributed by atoms with Crippen LogP contribution in [-0.4, -0.2) is 32.0 Å². The van der Waals surface area contributed by atoms with E-state index in [4.69, 9.17) is 0 Å². The smallest absolute Gasteiger partial charge is 0.154 e. The molecule has 1 N–H and O–H groups in total. The van der Waals surface area contributed by atoms with E-state index in [1.807, 2.05) is 20.8 Å². The van der Waals surface area contributed by atoms with Gasteiger partial charge in [-0.15, -0.1) is 0 Å². The van der Waals surface area contributed by atoms with E-state index >= 15 is 0 Å². The van der Waals surface area contributed by atoms with Gasteiger partial charge in [-0.3, -0.25) is 0 Å². The van der Waals surface area contributed by atoms with Crippen molar-refractivity contribution in [2.24, 2.45) is 0 Å². The summed E-state index contributed by atoms with van der Waals surface area (Å²) < 4.78 is 24.0. The van der Waals surface area contributed by atoms with Crippen molar-refractivity contribution in [2.75, 3.05) is 12.3 Å². The Labute approximate surface area is 101 Å². The molecule has 0 aliphatic rings. The van der Waals surface area contributed by atoms with E-state index < -0.39 is 9.84 Å². The van der Waals surface area contributed by atoms with Gasteiger partial charge in [-0.05, 0) is 32.7 Å². The van der Waals surface area contributed by atoms with Crippen LogP contribution in [0.15, 0.2) is 0 Å². The molecule has 0 aliphatic heterocycles. The first-order valence-corrected chi connectivity index (χ1v) is 8.16. The summed E-state index contributed by atoms with van der Waals surface area (Å²) in [5.41, 5.74) is 0. The zero-order valence-corrected chi connectivity index (χ0v) is 11.9. The van der Waals surface area contributed by atoms with E-state index in [1.165, 1.54) is 0 Å². The summed E-state index contributed by atoms with van der Waals surface area (Å²) >= 11 is 0. The summed E-state index contributed by atoms with van der Waals surface area (Å²) in [5, 5.41) is 3.05. The van der Waals surface area contributed by atoms with Gasteiger partial charge in [0.05, 0.1) is 11.0 Å². The SMILES string of the molecule is CCCCS(=O)(=O)C(C)C(CC)NCCC. The zero-order chi connectivity index (χ0) is 12.6. The molecule has 0 saturated heterocycles. The highest BCUT2D eigenvalue weighted by atomic mass is 32.2. The second-order valence-electron chi connectivity index (χ2n) is 4.39. The largest absolute Gasteiger partial charge is 0.313 e. The van der Waals surface area contributed by atoms with Crippen LogP contribution in [0, 0.1) is 0 Å². The molecule has 98 valence electrons. The third kappa shape index (κ3) is 5.30. The molecule has 0 aromatic heterocycles. The maximum atomic E-state index is 12.0. The Kier molecular flexibility index (Phi) is 8.02. The molecule has 0 amide bonds. The van der Waals surface area contributed by atoms with Crippen molar-refractivity contribution in [3.8, 4) is 0 Å². The quantitative estimate of drug-likeness (QED) is 0.682. The van der Waals surface area contributed by atoms with Crippen LogP contribution < -0.4 is 5.32 Å². The summed E-state index contributed by atoms with van der Waals surface area (Å²) in [6.45, 7) is 8.88. The minimum absolute atomic E-state index is 0.0989. The van der Waals surface area contributed by atoms with Gasteiger partial charge in [-0.2, -0.15) is 0 Å². The lowest BCUT2D eigenvalue weighted by Crippen LogP contribution is -2.43. The van der Waals surface area contributed by atoms with Crippen molar-refractivity contribution in [3.63, 3.8) is 0 Å². The van der Waals surface area contributed by atoms with Gasteiger partial charge in [-0.25, -0.2) is 8.42 Å². The highest BCUT2D eigenvalue weighted by Crippen LogP contribution is 2.12. The Morgan fingerprint density at radius 2 is 1.75 bits per heavy atom. The van der Waals surface area contributed by atoms with Gasteiger partial charge in [0.25, 0.3) is 0 Å². The molecule has 0 aromatic carbocycles. The second kappa shape index (κ2) is 8.07. The van der Waals surface area contributed by atoms with E-state index in [2.05, 4.69) is 12.2 Å². The van der Waals surface area contributed by atoms with Crippen molar-refractivity contribution >= 4 is 9.84 Å². The molecule has 16 heavy (non-hydrogen) atoms. The predicted octanol–water partition coefficient (Wildman–Crippen LogP) is 2.37. The van der Waals surface area contributed by atoms with Crippen molar-refractivity contribution in [1.82, 2.24) is 5.32 Å². The van der Waals surface area contributed by atoms with Crippen LogP contribution in [0.1, 0.15) is 53.4 Å². The van der Waals surface area contributed by atoms with E-state index in [-0.39, 0.29) is 11.3 Å². The van der Waals surface area contributed by atoms with Gasteiger partial charge in [-0.1, -0.05) is 27.2 Å². The van der Waals surface area contributed by atoms with Gasteiger partial charge in [0.1, 0.15) is 0 Å². The topological polar surface area (TPSA) is 46.2 Å². The van der Waals surface area contributed by atoms with Crippen molar-refractivity contribution in [3.05, 3.63) is 0 Å². The minimum atomic E-state index is -2.93. The van der Waals surface area contributed by atoms with Crippen molar-refractivity contribution in [2.45, 2.75) is 64.7 Å². The Bertz CT molecular complexity index is 262. The number of hydrogen-bond donors (Lipinski definition) is 1. The maximum absolute atomic E-state index is 12.0. The van der Waals surface area contributed by atoms with Crippen LogP contribution >= 0.6 is 0 Å². The Morgan fingerprint density at radius 1 is 1.12 bits per heavy atom. The lowest BCUT2D eigenvalue weighted by atomic mass is 10.1. The summed E-state index contributed by atoms with van der Waals surface area (Å²) in [7, 11) is -2.93. The first-order valence-electron chi connectivity index (χ1n) is 6.44. The van der Waals surface area contributed by atoms with Crippen LogP contribution in [0.3, 0.4) is 0 Å². The summed E-state index contributed by atoms with van der Waals surface area (Å²) in [6.07, 6.45) is 3.62. The minimum Gasteiger partial charge on any atom is -0.313 e. The third-order valence-electron chi connectivity index (χ3n) is 3.01. The molecule has 0 fully saturated rings. The molecule has 2 unspecified atom stereocenters. The molecular weight excluding hydrogens is 222 g/mol. The standard InChI is InChI=1S/C12H27NO2S/c1-5-8-10-16(14,15)11(4)12(7-3)13-9-6-2/h11-13H,5-10H2,1-4H3. The number of nitrogens with one attached hydrogen (secondary N) is 1. The molecular formula is C12H27NO2S. The molecule has 0 aliphatic carbocycles. The molecule has 3 nitrogen and oxygen atoms in total. The van der Waals surface area contributed by atoms with Gasteiger partial charge >= 0.3 is 0 Å². The molecule has 0 spiro atoms. The molecule has 4 heteroatoms. The van der Waals surface area contributed by atoms with Crippen LogP contribution in [0.25, 0.3) is 0 Å². The average molecular weight is 249 g/mol. The molecule has 0 aromatic rings. The van der Waals surface area contributed by atoms with Gasteiger partial charge in [0.15, 0.2) is 9.84 Å². The molecule has 0 heterocycles. The fraction of sp³-hybridized carbons (Fsp3) is 1.00. The van der Waals surface area contributed by atoms with Gasteiger partial charge < -0.3 is 5.32 Å². The van der Waals surface area contributed by atoms with Crippen LogP contribution in [0.2, 0.25) is 0 Å². The number of rotatable bonds is 9. The number of unbranched alkanes of at least 4 members (excludes halogenated alkanes) is 1. The fourth-order valence-electron chi connectivity index (χ4n) is 1.75. The van der Waals surface area contributed by atoms with Crippen LogP contribution in [-0.2, 0) is 9.84 Å². The molecule has 0 saturated carbocycles. The lowest BCUT2D eigenvalue weighted by Gasteiger charge is -2.24. The summed E-state index contributed by atoms with van der Waals surface area (Å²) in [6, 6.07) is 0.0989. The molecule has 0 bridgehead atoms. The normalized spacial score (nSPS) is 16.0. The van der Waals surface area contributed by atoms with Crippen molar-refractivity contribution < 1.29 is 8.42 Å². The zero-order valence-electron chi connectivity index (χ0n) is 11.1. The molecule has 0 rings (SSSR count). The Hall–Kier alpha value is -0.0900. The highest BCUT2D eigenvalue weighted by Gasteiger charge is 2.27. The first-order chi connectivity index (χ1) is 7.49. The fourth-order valence-corrected chi connectivity index (χ4v) is 3.61. The number of hydrogen-bond acceptors (Lipinski definition) is 3. The summed E-state index contributed by atoms with van der Waals surface area (Å²) in [4.78, 5) is 0. The number of sulfone groups is 1. The highest BCUT2D eigenvalue weighted by molar-refractivity contribution is 7.92. The van der Waals surface area contributed by atoms with Gasteiger partial charge in [0, 0.05) is 6.04 Å². The van der Waals surface area contributed by atoms with Crippen LogP contribution in [0.4, 0.5) is 0 Å². The predicted molar refractivity (Wildman–Crippen MR) is 70.5 cm³/mol. The Balaban J connectivity index is 4.41.